The fourth-order valence-electron chi connectivity index (χ4n) is 12.1. The summed E-state index contributed by atoms with van der Waals surface area (Å²) in [7, 11) is -6.47. The van der Waals surface area contributed by atoms with Gasteiger partial charge < -0.3 is 9.13 Å². The molecule has 0 radical (unpaired) electrons. The third kappa shape index (κ3) is 2.31. The fourth-order valence-corrected chi connectivity index (χ4v) is 22.3. The van der Waals surface area contributed by atoms with Crippen LogP contribution in [0.4, 0.5) is 0 Å². The van der Waals surface area contributed by atoms with E-state index in [1.807, 2.05) is 24.3 Å². The summed E-state index contributed by atoms with van der Waals surface area (Å²) >= 11 is 0. The molecule has 4 aromatic rings. The first kappa shape index (κ1) is 24.0. The maximum atomic E-state index is 16.8. The van der Waals surface area contributed by atoms with Crippen LogP contribution in [0.3, 0.4) is 0 Å². The lowest BCUT2D eigenvalue weighted by atomic mass is 9.69. The van der Waals surface area contributed by atoms with Gasteiger partial charge in [0, 0.05) is 21.2 Å². The first-order valence-electron chi connectivity index (χ1n) is 15.1. The highest BCUT2D eigenvalue weighted by Gasteiger charge is 2.97. The van der Waals surface area contributed by atoms with Crippen LogP contribution in [0.2, 0.25) is 0 Å². The Kier molecular flexibility index (Phi) is 4.79. The zero-order valence-electron chi connectivity index (χ0n) is 22.6. The van der Waals surface area contributed by atoms with Crippen molar-refractivity contribution in [1.29, 1.82) is 0 Å². The van der Waals surface area contributed by atoms with Gasteiger partial charge in [-0.3, -0.25) is 0 Å². The lowest BCUT2D eigenvalue weighted by Crippen LogP contribution is -2.65. The Balaban J connectivity index is 1.45. The maximum Gasteiger partial charge on any atom is 0.150 e. The normalized spacial score (nSPS) is 36.5. The number of hydrogen-bond acceptors (Lipinski definition) is 2. The average molecular weight is 561 g/mol. The minimum Gasteiger partial charge on any atom is -0.313 e. The standard InChI is InChI=1S/C36H34O2P2/c37-39(25-13-5-1-6-14-25,26-15-7-2-8-16-26)35-29-21-23-31-33(29)34-30(35)22-24-32(34)36(31,35)40(38,27-17-9-3-10-18-27)28-19-11-4-12-20-28/h1-20,29-34H,21-24H2/t29-,30+,31+,32-,33?,34?,35?,36?. The van der Waals surface area contributed by atoms with Gasteiger partial charge in [-0.2, -0.15) is 0 Å². The summed E-state index contributed by atoms with van der Waals surface area (Å²) in [5, 5.41) is 2.92. The van der Waals surface area contributed by atoms with Gasteiger partial charge in [0.1, 0.15) is 0 Å². The summed E-state index contributed by atoms with van der Waals surface area (Å²) in [6.07, 6.45) is 4.52. The molecular weight excluding hydrogens is 526 g/mol. The highest BCUT2D eigenvalue weighted by atomic mass is 31.2. The van der Waals surface area contributed by atoms with Crippen LogP contribution in [0.15, 0.2) is 121 Å². The van der Waals surface area contributed by atoms with Crippen molar-refractivity contribution in [3.63, 3.8) is 0 Å². The van der Waals surface area contributed by atoms with E-state index in [0.29, 0.717) is 35.5 Å². The maximum absolute atomic E-state index is 16.8. The van der Waals surface area contributed by atoms with E-state index in [1.165, 1.54) is 0 Å². The molecule has 40 heavy (non-hydrogen) atoms. The fraction of sp³-hybridized carbons (Fsp3) is 0.333. The quantitative estimate of drug-likeness (QED) is 0.243. The molecule has 4 heteroatoms. The van der Waals surface area contributed by atoms with Crippen molar-refractivity contribution in [3.8, 4) is 0 Å². The number of rotatable bonds is 6. The molecule has 0 saturated heterocycles. The van der Waals surface area contributed by atoms with Gasteiger partial charge in [0.05, 0.1) is 10.3 Å². The van der Waals surface area contributed by atoms with Crippen LogP contribution in [0.1, 0.15) is 25.7 Å². The molecule has 4 unspecified atom stereocenters. The van der Waals surface area contributed by atoms with Crippen LogP contribution in [-0.4, -0.2) is 10.3 Å². The second kappa shape index (κ2) is 8.00. The van der Waals surface area contributed by atoms with Crippen molar-refractivity contribution >= 4 is 35.5 Å². The summed E-state index contributed by atoms with van der Waals surface area (Å²) in [5.41, 5.74) is 0. The van der Waals surface area contributed by atoms with Crippen LogP contribution >= 0.6 is 14.3 Å². The van der Waals surface area contributed by atoms with Gasteiger partial charge in [0.25, 0.3) is 0 Å². The first-order chi connectivity index (χ1) is 19.6. The van der Waals surface area contributed by atoms with Gasteiger partial charge in [-0.05, 0) is 61.2 Å². The Hall–Kier alpha value is -2.66. The molecule has 0 aliphatic heterocycles. The Morgan fingerprint density at radius 2 is 0.625 bits per heavy atom. The van der Waals surface area contributed by atoms with Crippen molar-refractivity contribution < 1.29 is 9.13 Å². The molecule has 8 bridgehead atoms. The van der Waals surface area contributed by atoms with Crippen LogP contribution < -0.4 is 21.2 Å². The summed E-state index contributed by atoms with van der Waals surface area (Å²) in [4.78, 5) is 0. The Morgan fingerprint density at radius 3 is 0.850 bits per heavy atom. The van der Waals surface area contributed by atoms with Crippen LogP contribution in [0.5, 0.6) is 0 Å². The summed E-state index contributed by atoms with van der Waals surface area (Å²) in [5.74, 6) is 2.59. The molecule has 4 aromatic carbocycles. The molecule has 200 valence electrons. The zero-order chi connectivity index (χ0) is 26.7. The summed E-state index contributed by atoms with van der Waals surface area (Å²) in [6, 6.07) is 41.6. The van der Waals surface area contributed by atoms with E-state index in [4.69, 9.17) is 0 Å². The number of benzene rings is 4. The third-order valence-electron chi connectivity index (χ3n) is 12.3. The lowest BCUT2D eigenvalue weighted by Gasteiger charge is -2.61. The van der Waals surface area contributed by atoms with Crippen LogP contribution in [-0.2, 0) is 9.13 Å². The predicted octanol–water partition coefficient (Wildman–Crippen LogP) is 6.82. The topological polar surface area (TPSA) is 34.1 Å². The molecule has 6 saturated carbocycles. The van der Waals surface area contributed by atoms with E-state index >= 15 is 9.13 Å². The molecule has 0 heterocycles. The van der Waals surface area contributed by atoms with E-state index in [2.05, 4.69) is 97.1 Å². The van der Waals surface area contributed by atoms with Gasteiger partial charge in [0.2, 0.25) is 0 Å². The summed E-state index contributed by atoms with van der Waals surface area (Å²) < 4.78 is 33.6. The van der Waals surface area contributed by atoms with Crippen molar-refractivity contribution in [1.82, 2.24) is 0 Å². The van der Waals surface area contributed by atoms with E-state index in [1.54, 1.807) is 0 Å². The van der Waals surface area contributed by atoms with E-state index < -0.39 is 24.6 Å². The number of hydrogen-bond donors (Lipinski definition) is 0. The monoisotopic (exact) mass is 560 g/mol. The predicted molar refractivity (Wildman–Crippen MR) is 164 cm³/mol. The van der Waals surface area contributed by atoms with E-state index in [0.717, 1.165) is 46.9 Å². The second-order valence-electron chi connectivity index (χ2n) is 12.9. The van der Waals surface area contributed by atoms with Crippen LogP contribution in [0.25, 0.3) is 0 Å². The van der Waals surface area contributed by atoms with Crippen molar-refractivity contribution in [3.05, 3.63) is 121 Å². The molecule has 6 fully saturated rings. The van der Waals surface area contributed by atoms with Crippen molar-refractivity contribution in [2.75, 3.05) is 0 Å². The second-order valence-corrected chi connectivity index (χ2v) is 18.9. The molecule has 6 aliphatic carbocycles. The Bertz CT molecular complexity index is 1460. The first-order valence-corrected chi connectivity index (χ1v) is 18.5. The minimum atomic E-state index is -3.23. The highest BCUT2D eigenvalue weighted by molar-refractivity contribution is 7.84. The van der Waals surface area contributed by atoms with E-state index in [9.17, 15) is 0 Å². The van der Waals surface area contributed by atoms with Gasteiger partial charge >= 0.3 is 0 Å². The minimum absolute atomic E-state index is 0.371. The van der Waals surface area contributed by atoms with Crippen LogP contribution in [0, 0.1) is 35.5 Å². The summed E-state index contributed by atoms with van der Waals surface area (Å²) in [6.45, 7) is 0. The smallest absolute Gasteiger partial charge is 0.150 e. The molecular formula is C36H34O2P2. The molecule has 10 rings (SSSR count). The molecule has 8 atom stereocenters. The van der Waals surface area contributed by atoms with E-state index in [-0.39, 0.29) is 0 Å². The molecule has 0 aromatic heterocycles. The largest absolute Gasteiger partial charge is 0.313 e. The molecule has 0 spiro atoms. The highest BCUT2D eigenvalue weighted by Crippen LogP contribution is 2.99. The Labute approximate surface area is 237 Å². The Morgan fingerprint density at radius 1 is 0.400 bits per heavy atom. The lowest BCUT2D eigenvalue weighted by molar-refractivity contribution is 0.190. The third-order valence-corrected chi connectivity index (χ3v) is 20.7. The van der Waals surface area contributed by atoms with Gasteiger partial charge in [-0.25, -0.2) is 0 Å². The SMILES string of the molecule is O=P(c1ccccc1)(c1ccccc1)C12[C@@H]3CC[C@H]4C3C3[C@@H](CC[C@@H]31)C42P(=O)(c1ccccc1)c1ccccc1. The molecule has 0 N–H and O–H groups in total. The molecule has 0 amide bonds. The van der Waals surface area contributed by atoms with Crippen molar-refractivity contribution in [2.45, 2.75) is 36.0 Å². The molecule has 6 aliphatic rings. The van der Waals surface area contributed by atoms with Gasteiger partial charge in [0.15, 0.2) is 14.3 Å². The average Bonchev–Trinajstić information content (AvgIpc) is 3.85. The van der Waals surface area contributed by atoms with Crippen molar-refractivity contribution in [2.24, 2.45) is 35.5 Å². The zero-order valence-corrected chi connectivity index (χ0v) is 24.3. The molecule has 2 nitrogen and oxygen atoms in total. The van der Waals surface area contributed by atoms with Gasteiger partial charge in [-0.1, -0.05) is 121 Å². The van der Waals surface area contributed by atoms with Gasteiger partial charge in [-0.15, -0.1) is 0 Å².